The van der Waals surface area contributed by atoms with E-state index in [1.807, 2.05) is 42.2 Å². The van der Waals surface area contributed by atoms with Crippen LogP contribution in [-0.4, -0.2) is 74.2 Å². The Morgan fingerprint density at radius 3 is 2.35 bits per heavy atom. The Morgan fingerprint density at radius 2 is 1.68 bits per heavy atom. The first-order chi connectivity index (χ1) is 15.1. The van der Waals surface area contributed by atoms with E-state index in [9.17, 15) is 14.0 Å². The predicted molar refractivity (Wildman–Crippen MR) is 117 cm³/mol. The summed E-state index contributed by atoms with van der Waals surface area (Å²) in [6.07, 6.45) is 0. The van der Waals surface area contributed by atoms with Crippen LogP contribution in [0.25, 0.3) is 0 Å². The molecule has 0 atom stereocenters. The smallest absolute Gasteiger partial charge is 0.325 e. The van der Waals surface area contributed by atoms with Crippen molar-refractivity contribution in [2.45, 2.75) is 6.92 Å². The van der Waals surface area contributed by atoms with Gasteiger partial charge in [0.1, 0.15) is 18.1 Å². The highest BCUT2D eigenvalue weighted by Crippen LogP contribution is 2.24. The van der Waals surface area contributed by atoms with Gasteiger partial charge in [-0.3, -0.25) is 9.69 Å². The highest BCUT2D eigenvalue weighted by Gasteiger charge is 2.32. The molecule has 0 bridgehead atoms. The van der Waals surface area contributed by atoms with Gasteiger partial charge in [-0.05, 0) is 43.3 Å². The SMILES string of the molecule is CCOc1ccc(N2CCN(CC(=O)N3CCN(c4ccccc4F)CC3)C2=O)cc1. The zero-order valence-electron chi connectivity index (χ0n) is 17.7. The van der Waals surface area contributed by atoms with E-state index in [0.717, 1.165) is 11.4 Å². The van der Waals surface area contributed by atoms with Crippen molar-refractivity contribution in [1.82, 2.24) is 9.80 Å². The number of hydrogen-bond acceptors (Lipinski definition) is 4. The van der Waals surface area contributed by atoms with Gasteiger partial charge in [0.05, 0.1) is 12.3 Å². The monoisotopic (exact) mass is 426 g/mol. The second-order valence-corrected chi connectivity index (χ2v) is 7.60. The zero-order valence-corrected chi connectivity index (χ0v) is 17.7. The largest absolute Gasteiger partial charge is 0.494 e. The molecule has 0 spiro atoms. The van der Waals surface area contributed by atoms with Crippen LogP contribution in [0.4, 0.5) is 20.6 Å². The molecule has 0 aliphatic carbocycles. The first-order valence-electron chi connectivity index (χ1n) is 10.6. The molecule has 31 heavy (non-hydrogen) atoms. The van der Waals surface area contributed by atoms with Crippen molar-refractivity contribution in [2.24, 2.45) is 0 Å². The minimum absolute atomic E-state index is 0.0616. The number of para-hydroxylation sites is 1. The van der Waals surface area contributed by atoms with Gasteiger partial charge in [-0.2, -0.15) is 0 Å². The number of carbonyl (C=O) groups is 2. The summed E-state index contributed by atoms with van der Waals surface area (Å²) in [6.45, 7) is 5.78. The van der Waals surface area contributed by atoms with Crippen LogP contribution >= 0.6 is 0 Å². The summed E-state index contributed by atoms with van der Waals surface area (Å²) in [4.78, 5) is 32.6. The summed E-state index contributed by atoms with van der Waals surface area (Å²) in [5, 5.41) is 0. The summed E-state index contributed by atoms with van der Waals surface area (Å²) in [5.41, 5.74) is 1.36. The van der Waals surface area contributed by atoms with Gasteiger partial charge in [0.25, 0.3) is 0 Å². The van der Waals surface area contributed by atoms with Gasteiger partial charge in [0, 0.05) is 45.0 Å². The number of benzene rings is 2. The lowest BCUT2D eigenvalue weighted by Gasteiger charge is -2.36. The number of hydrogen-bond donors (Lipinski definition) is 0. The van der Waals surface area contributed by atoms with Gasteiger partial charge < -0.3 is 19.4 Å². The molecule has 2 aromatic rings. The van der Waals surface area contributed by atoms with Crippen LogP contribution in [0.15, 0.2) is 48.5 Å². The van der Waals surface area contributed by atoms with E-state index >= 15 is 0 Å². The molecule has 2 fully saturated rings. The fraction of sp³-hybridized carbons (Fsp3) is 0.391. The van der Waals surface area contributed by atoms with Crippen molar-refractivity contribution >= 4 is 23.3 Å². The highest BCUT2D eigenvalue weighted by atomic mass is 19.1. The van der Waals surface area contributed by atoms with Crippen LogP contribution in [0.3, 0.4) is 0 Å². The third-order valence-corrected chi connectivity index (χ3v) is 5.71. The summed E-state index contributed by atoms with van der Waals surface area (Å²) >= 11 is 0. The quantitative estimate of drug-likeness (QED) is 0.713. The molecule has 2 saturated heterocycles. The molecule has 2 aromatic carbocycles. The van der Waals surface area contributed by atoms with E-state index in [0.29, 0.717) is 51.6 Å². The molecule has 164 valence electrons. The summed E-state index contributed by atoms with van der Waals surface area (Å²) in [7, 11) is 0. The van der Waals surface area contributed by atoms with Gasteiger partial charge in [0.2, 0.25) is 5.91 Å². The molecule has 3 amide bonds. The highest BCUT2D eigenvalue weighted by molar-refractivity contribution is 5.96. The lowest BCUT2D eigenvalue weighted by molar-refractivity contribution is -0.131. The standard InChI is InChI=1S/C23H27FN4O3/c1-2-31-19-9-7-18(8-10-19)28-16-15-27(23(28)30)17-22(29)26-13-11-25(12-14-26)21-6-4-3-5-20(21)24/h3-10H,2,11-17H2,1H3. The second kappa shape index (κ2) is 9.24. The van der Waals surface area contributed by atoms with E-state index in [4.69, 9.17) is 4.74 Å². The molecule has 7 nitrogen and oxygen atoms in total. The Balaban J connectivity index is 1.30. The van der Waals surface area contributed by atoms with E-state index < -0.39 is 0 Å². The zero-order chi connectivity index (χ0) is 21.8. The van der Waals surface area contributed by atoms with Crippen LogP contribution in [0.2, 0.25) is 0 Å². The Kier molecular flexibility index (Phi) is 6.25. The maximum absolute atomic E-state index is 14.0. The molecule has 2 aliphatic rings. The fourth-order valence-corrected chi connectivity index (χ4v) is 4.03. The number of piperazine rings is 1. The molecule has 8 heteroatoms. The Bertz CT molecular complexity index is 929. The minimum Gasteiger partial charge on any atom is -0.494 e. The summed E-state index contributed by atoms with van der Waals surface area (Å²) in [6, 6.07) is 13.9. The number of carbonyl (C=O) groups excluding carboxylic acids is 2. The molecule has 0 unspecified atom stereocenters. The average molecular weight is 426 g/mol. The average Bonchev–Trinajstić information content (AvgIpc) is 3.15. The van der Waals surface area contributed by atoms with Crippen molar-refractivity contribution in [1.29, 1.82) is 0 Å². The third kappa shape index (κ3) is 4.57. The van der Waals surface area contributed by atoms with Crippen LogP contribution < -0.4 is 14.5 Å². The second-order valence-electron chi connectivity index (χ2n) is 7.60. The number of rotatable bonds is 6. The molecule has 0 radical (unpaired) electrons. The van der Waals surface area contributed by atoms with E-state index in [1.54, 1.807) is 26.8 Å². The summed E-state index contributed by atoms with van der Waals surface area (Å²) in [5.74, 6) is 0.439. The Hall–Kier alpha value is -3.29. The minimum atomic E-state index is -0.251. The lowest BCUT2D eigenvalue weighted by atomic mass is 10.2. The molecule has 0 aromatic heterocycles. The first kappa shape index (κ1) is 21.0. The molecular weight excluding hydrogens is 399 g/mol. The number of nitrogens with zero attached hydrogens (tertiary/aromatic N) is 4. The Morgan fingerprint density at radius 1 is 0.968 bits per heavy atom. The molecule has 0 N–H and O–H groups in total. The van der Waals surface area contributed by atoms with Crippen molar-refractivity contribution in [3.63, 3.8) is 0 Å². The van der Waals surface area contributed by atoms with Gasteiger partial charge in [-0.1, -0.05) is 12.1 Å². The van der Waals surface area contributed by atoms with Crippen molar-refractivity contribution in [2.75, 3.05) is 62.2 Å². The molecule has 4 rings (SSSR count). The number of ether oxygens (including phenoxy) is 1. The molecule has 0 saturated carbocycles. The fourth-order valence-electron chi connectivity index (χ4n) is 4.03. The van der Waals surface area contributed by atoms with Gasteiger partial charge in [-0.15, -0.1) is 0 Å². The van der Waals surface area contributed by atoms with Crippen molar-refractivity contribution < 1.29 is 18.7 Å². The van der Waals surface area contributed by atoms with Crippen molar-refractivity contribution in [3.8, 4) is 5.75 Å². The van der Waals surface area contributed by atoms with E-state index in [2.05, 4.69) is 0 Å². The lowest BCUT2D eigenvalue weighted by Crippen LogP contribution is -2.51. The van der Waals surface area contributed by atoms with Crippen LogP contribution in [0, 0.1) is 5.82 Å². The topological polar surface area (TPSA) is 56.3 Å². The first-order valence-corrected chi connectivity index (χ1v) is 10.6. The Labute approximate surface area is 181 Å². The number of halogens is 1. The third-order valence-electron chi connectivity index (χ3n) is 5.71. The number of urea groups is 1. The van der Waals surface area contributed by atoms with E-state index in [-0.39, 0.29) is 24.3 Å². The number of anilines is 2. The van der Waals surface area contributed by atoms with Crippen LogP contribution in [0.1, 0.15) is 6.92 Å². The van der Waals surface area contributed by atoms with E-state index in [1.165, 1.54) is 6.07 Å². The number of amides is 3. The molecule has 2 heterocycles. The van der Waals surface area contributed by atoms with Crippen molar-refractivity contribution in [3.05, 3.63) is 54.3 Å². The predicted octanol–water partition coefficient (Wildman–Crippen LogP) is 2.82. The maximum Gasteiger partial charge on any atom is 0.325 e. The van der Waals surface area contributed by atoms with Gasteiger partial charge in [-0.25, -0.2) is 9.18 Å². The normalized spacial score (nSPS) is 16.8. The van der Waals surface area contributed by atoms with Crippen LogP contribution in [0.5, 0.6) is 5.75 Å². The molecular formula is C23H27FN4O3. The van der Waals surface area contributed by atoms with Gasteiger partial charge in [0.15, 0.2) is 0 Å². The molecule has 2 aliphatic heterocycles. The van der Waals surface area contributed by atoms with Crippen LogP contribution in [-0.2, 0) is 4.79 Å². The summed E-state index contributed by atoms with van der Waals surface area (Å²) < 4.78 is 19.4. The van der Waals surface area contributed by atoms with Gasteiger partial charge >= 0.3 is 6.03 Å². The maximum atomic E-state index is 14.0.